The molecule has 0 radical (unpaired) electrons. The molecule has 0 spiro atoms. The average molecular weight is 487 g/mol. The van der Waals surface area contributed by atoms with E-state index in [2.05, 4.69) is 10.3 Å². The largest absolute Gasteiger partial charge is 0.462 e. The van der Waals surface area contributed by atoms with Crippen molar-refractivity contribution in [3.8, 4) is 0 Å². The molecule has 1 aromatic heterocycles. The van der Waals surface area contributed by atoms with Crippen LogP contribution in [0.1, 0.15) is 34.8 Å². The molecule has 4 amide bonds. The van der Waals surface area contributed by atoms with Crippen LogP contribution in [0.3, 0.4) is 0 Å². The quantitative estimate of drug-likeness (QED) is 0.382. The van der Waals surface area contributed by atoms with Gasteiger partial charge in [-0.05, 0) is 67.4 Å². The molecule has 2 heterocycles. The molecule has 0 bridgehead atoms. The van der Waals surface area contributed by atoms with Gasteiger partial charge in [0.05, 0.1) is 24.3 Å². The highest BCUT2D eigenvalue weighted by molar-refractivity contribution is 6.22. The lowest BCUT2D eigenvalue weighted by Crippen LogP contribution is -2.37. The maximum absolute atomic E-state index is 13.4. The number of imide groups is 1. The maximum Gasteiger partial charge on any atom is 0.338 e. The molecule has 9 nitrogen and oxygen atoms in total. The fraction of sp³-hybridized carbons (Fsp3) is 0.222. The number of benzene rings is 2. The minimum atomic E-state index is -0.989. The molecule has 9 heteroatoms. The van der Waals surface area contributed by atoms with E-state index >= 15 is 0 Å². The highest BCUT2D eigenvalue weighted by atomic mass is 16.5. The Balaban J connectivity index is 1.54. The van der Waals surface area contributed by atoms with Crippen molar-refractivity contribution < 1.29 is 23.9 Å². The van der Waals surface area contributed by atoms with E-state index in [4.69, 9.17) is 4.74 Å². The zero-order chi connectivity index (χ0) is 25.7. The fourth-order valence-corrected chi connectivity index (χ4v) is 4.00. The number of hydrogen-bond acceptors (Lipinski definition) is 6. The minimum absolute atomic E-state index is 0.132. The molecule has 1 atom stereocenters. The molecule has 1 saturated heterocycles. The van der Waals surface area contributed by atoms with Crippen molar-refractivity contribution in [3.05, 3.63) is 89.7 Å². The Kier molecular flexibility index (Phi) is 7.39. The summed E-state index contributed by atoms with van der Waals surface area (Å²) >= 11 is 0. The van der Waals surface area contributed by atoms with Gasteiger partial charge in [0.1, 0.15) is 6.04 Å². The van der Waals surface area contributed by atoms with Gasteiger partial charge in [-0.15, -0.1) is 0 Å². The first kappa shape index (κ1) is 24.6. The van der Waals surface area contributed by atoms with Crippen LogP contribution >= 0.6 is 0 Å². The molecule has 4 rings (SSSR count). The van der Waals surface area contributed by atoms with Crippen LogP contribution in [0.15, 0.2) is 73.1 Å². The Labute approximate surface area is 208 Å². The second-order valence-corrected chi connectivity index (χ2v) is 8.35. The van der Waals surface area contributed by atoms with Gasteiger partial charge < -0.3 is 15.0 Å². The zero-order valence-corrected chi connectivity index (χ0v) is 20.0. The number of carbonyl (C=O) groups is 4. The highest BCUT2D eigenvalue weighted by Gasteiger charge is 2.46. The van der Waals surface area contributed by atoms with Crippen LogP contribution in [-0.4, -0.2) is 46.3 Å². The normalized spacial score (nSPS) is 15.2. The van der Waals surface area contributed by atoms with E-state index in [0.717, 1.165) is 16.0 Å². The first-order valence-corrected chi connectivity index (χ1v) is 11.5. The number of rotatable bonds is 8. The summed E-state index contributed by atoms with van der Waals surface area (Å²) in [6, 6.07) is 15.4. The molecule has 2 aromatic carbocycles. The maximum atomic E-state index is 13.4. The predicted octanol–water partition coefficient (Wildman–Crippen LogP) is 3.93. The van der Waals surface area contributed by atoms with Crippen molar-refractivity contribution in [2.45, 2.75) is 32.9 Å². The lowest BCUT2D eigenvalue weighted by molar-refractivity contribution is -0.124. The van der Waals surface area contributed by atoms with Gasteiger partial charge in [0.15, 0.2) is 0 Å². The van der Waals surface area contributed by atoms with Gasteiger partial charge in [-0.2, -0.15) is 0 Å². The van der Waals surface area contributed by atoms with E-state index in [0.29, 0.717) is 16.9 Å². The van der Waals surface area contributed by atoms with Crippen LogP contribution in [0.4, 0.5) is 16.2 Å². The van der Waals surface area contributed by atoms with Crippen LogP contribution in [0.25, 0.3) is 0 Å². The highest BCUT2D eigenvalue weighted by Crippen LogP contribution is 2.29. The molecule has 184 valence electrons. The number of aryl methyl sites for hydroxylation is 1. The number of hydrogen-bond donors (Lipinski definition) is 1. The van der Waals surface area contributed by atoms with Gasteiger partial charge in [0.25, 0.3) is 5.91 Å². The third-order valence-electron chi connectivity index (χ3n) is 5.71. The van der Waals surface area contributed by atoms with Gasteiger partial charge in [0.2, 0.25) is 5.91 Å². The minimum Gasteiger partial charge on any atom is -0.462 e. The summed E-state index contributed by atoms with van der Waals surface area (Å²) in [7, 11) is 0. The van der Waals surface area contributed by atoms with E-state index in [1.165, 1.54) is 4.90 Å². The zero-order valence-electron chi connectivity index (χ0n) is 20.0. The van der Waals surface area contributed by atoms with E-state index < -0.39 is 29.9 Å². The van der Waals surface area contributed by atoms with Crippen LogP contribution in [0.5, 0.6) is 0 Å². The van der Waals surface area contributed by atoms with E-state index in [1.807, 2.05) is 19.1 Å². The summed E-state index contributed by atoms with van der Waals surface area (Å²) in [6.45, 7) is 3.99. The number of urea groups is 1. The summed E-state index contributed by atoms with van der Waals surface area (Å²) in [4.78, 5) is 58.1. The molecule has 3 aromatic rings. The van der Waals surface area contributed by atoms with Gasteiger partial charge >= 0.3 is 12.0 Å². The van der Waals surface area contributed by atoms with Crippen molar-refractivity contribution in [1.29, 1.82) is 0 Å². The second-order valence-electron chi connectivity index (χ2n) is 8.35. The Bertz CT molecular complexity index is 1280. The molecular formula is C27H26N4O5. The summed E-state index contributed by atoms with van der Waals surface area (Å²) < 4.78 is 4.96. The summed E-state index contributed by atoms with van der Waals surface area (Å²) in [5.74, 6) is -1.36. The predicted molar refractivity (Wildman–Crippen MR) is 133 cm³/mol. The molecule has 1 aliphatic rings. The summed E-state index contributed by atoms with van der Waals surface area (Å²) in [5.41, 5.74) is 2.92. The Morgan fingerprint density at radius 2 is 1.83 bits per heavy atom. The lowest BCUT2D eigenvalue weighted by Gasteiger charge is -2.21. The first-order chi connectivity index (χ1) is 17.4. The Hall–Kier alpha value is -4.53. The van der Waals surface area contributed by atoms with Gasteiger partial charge in [-0.3, -0.25) is 14.6 Å². The van der Waals surface area contributed by atoms with Gasteiger partial charge in [-0.1, -0.05) is 18.2 Å². The second kappa shape index (κ2) is 10.8. The topological polar surface area (TPSA) is 109 Å². The standard InChI is InChI=1S/C27H26N4O5/c1-3-36-26(34)20-9-11-21(12-10-20)29-24(32)15-23-25(33)31(22-8-4-6-18(2)14-22)27(35)30(23)17-19-7-5-13-28-16-19/h4-14,16,23H,3,15,17H2,1-2H3,(H,29,32). The number of esters is 1. The van der Waals surface area contributed by atoms with Crippen molar-refractivity contribution in [3.63, 3.8) is 0 Å². The number of carbonyl (C=O) groups excluding carboxylic acids is 4. The summed E-state index contributed by atoms with van der Waals surface area (Å²) in [5, 5.41) is 2.74. The van der Waals surface area contributed by atoms with Crippen LogP contribution in [0.2, 0.25) is 0 Å². The number of pyridine rings is 1. The van der Waals surface area contributed by atoms with Gasteiger partial charge in [0, 0.05) is 24.6 Å². The molecule has 1 N–H and O–H groups in total. The van der Waals surface area contributed by atoms with Gasteiger partial charge in [-0.25, -0.2) is 14.5 Å². The van der Waals surface area contributed by atoms with Crippen molar-refractivity contribution in [2.24, 2.45) is 0 Å². The third-order valence-corrected chi connectivity index (χ3v) is 5.71. The fourth-order valence-electron chi connectivity index (χ4n) is 4.00. The van der Waals surface area contributed by atoms with Crippen LogP contribution in [-0.2, 0) is 20.9 Å². The lowest BCUT2D eigenvalue weighted by atomic mass is 10.1. The van der Waals surface area contributed by atoms with Crippen molar-refractivity contribution in [2.75, 3.05) is 16.8 Å². The number of nitrogens with zero attached hydrogens (tertiary/aromatic N) is 3. The Morgan fingerprint density at radius 3 is 2.50 bits per heavy atom. The van der Waals surface area contributed by atoms with E-state index in [9.17, 15) is 19.2 Å². The molecule has 1 unspecified atom stereocenters. The third kappa shape index (κ3) is 5.41. The monoisotopic (exact) mass is 486 g/mol. The number of nitrogens with one attached hydrogen (secondary N) is 1. The molecule has 1 fully saturated rings. The van der Waals surface area contributed by atoms with Crippen molar-refractivity contribution in [1.82, 2.24) is 9.88 Å². The number of amides is 4. The first-order valence-electron chi connectivity index (χ1n) is 11.5. The molecular weight excluding hydrogens is 460 g/mol. The number of ether oxygens (including phenoxy) is 1. The average Bonchev–Trinajstić information content (AvgIpc) is 3.09. The number of aromatic nitrogens is 1. The SMILES string of the molecule is CCOC(=O)c1ccc(NC(=O)CC2C(=O)N(c3cccc(C)c3)C(=O)N2Cc2cccnc2)cc1. The Morgan fingerprint density at radius 1 is 1.06 bits per heavy atom. The number of anilines is 2. The molecule has 1 aliphatic heterocycles. The molecule has 0 saturated carbocycles. The van der Waals surface area contributed by atoms with E-state index in [1.54, 1.807) is 67.8 Å². The molecule has 36 heavy (non-hydrogen) atoms. The van der Waals surface area contributed by atoms with Crippen molar-refractivity contribution >= 4 is 35.2 Å². The van der Waals surface area contributed by atoms with Crippen LogP contribution in [0, 0.1) is 6.92 Å². The molecule has 0 aliphatic carbocycles. The van der Waals surface area contributed by atoms with Crippen LogP contribution < -0.4 is 10.2 Å². The smallest absolute Gasteiger partial charge is 0.338 e. The van der Waals surface area contributed by atoms with E-state index in [-0.39, 0.29) is 19.6 Å². The summed E-state index contributed by atoms with van der Waals surface area (Å²) in [6.07, 6.45) is 3.01.